The third kappa shape index (κ3) is 5.71. The molecule has 108 valence electrons. The number of nitrogen functional groups attached to an aromatic ring is 1. The average molecular weight is 270 g/mol. The van der Waals surface area contributed by atoms with Crippen LogP contribution >= 0.6 is 0 Å². The molecule has 0 aliphatic rings. The molecule has 0 aliphatic carbocycles. The molecule has 1 rings (SSSR count). The van der Waals surface area contributed by atoms with Crippen molar-refractivity contribution < 1.29 is 14.3 Å². The number of methoxy groups -OCH3 is 1. The van der Waals surface area contributed by atoms with Crippen molar-refractivity contribution in [2.45, 2.75) is 12.8 Å². The summed E-state index contributed by atoms with van der Waals surface area (Å²) in [5.41, 5.74) is 6.33. The highest BCUT2D eigenvalue weighted by Gasteiger charge is 2.12. The predicted octanol–water partition coefficient (Wildman–Crippen LogP) is 0.175. The highest BCUT2D eigenvalue weighted by Crippen LogP contribution is 2.07. The van der Waals surface area contributed by atoms with Gasteiger partial charge < -0.3 is 20.5 Å². The lowest BCUT2D eigenvalue weighted by atomic mass is 10.3. The Bertz CT molecular complexity index is 392. The Morgan fingerprint density at radius 2 is 2.21 bits per heavy atom. The minimum atomic E-state index is -0.238. The van der Waals surface area contributed by atoms with Gasteiger partial charge in [0, 0.05) is 33.5 Å². The Labute approximate surface area is 113 Å². The molecule has 0 atom stereocenters. The van der Waals surface area contributed by atoms with Gasteiger partial charge in [0.25, 0.3) is 5.91 Å². The fraction of sp³-hybridized carbons (Fsp3) is 0.667. The van der Waals surface area contributed by atoms with E-state index in [-0.39, 0.29) is 11.6 Å². The van der Waals surface area contributed by atoms with Gasteiger partial charge in [0.05, 0.1) is 18.9 Å². The van der Waals surface area contributed by atoms with E-state index in [9.17, 15) is 4.79 Å². The van der Waals surface area contributed by atoms with Gasteiger partial charge in [-0.05, 0) is 12.8 Å². The number of rotatable bonds is 9. The number of nitrogens with one attached hydrogen (secondary N) is 1. The number of nitrogens with two attached hydrogens (primary N) is 1. The molecule has 0 radical (unpaired) electrons. The van der Waals surface area contributed by atoms with Crippen molar-refractivity contribution in [3.63, 3.8) is 0 Å². The number of amides is 1. The van der Waals surface area contributed by atoms with E-state index >= 15 is 0 Å². The lowest BCUT2D eigenvalue weighted by Crippen LogP contribution is -2.26. The minimum Gasteiger partial charge on any atom is -0.396 e. The van der Waals surface area contributed by atoms with Gasteiger partial charge >= 0.3 is 0 Å². The number of anilines is 1. The van der Waals surface area contributed by atoms with Crippen LogP contribution in [0.1, 0.15) is 23.3 Å². The highest BCUT2D eigenvalue weighted by molar-refractivity contribution is 5.96. The largest absolute Gasteiger partial charge is 0.396 e. The number of hydrogen-bond donors (Lipinski definition) is 2. The maximum atomic E-state index is 11.7. The molecule has 0 aliphatic heterocycles. The van der Waals surface area contributed by atoms with Gasteiger partial charge in [-0.2, -0.15) is 5.10 Å². The summed E-state index contributed by atoms with van der Waals surface area (Å²) in [5, 5.41) is 6.78. The summed E-state index contributed by atoms with van der Waals surface area (Å²) < 4.78 is 11.7. The number of carbonyl (C=O) groups is 1. The zero-order valence-corrected chi connectivity index (χ0v) is 11.5. The summed E-state index contributed by atoms with van der Waals surface area (Å²) in [5.74, 6) is -0.238. The zero-order valence-electron chi connectivity index (χ0n) is 11.5. The molecule has 0 saturated heterocycles. The van der Waals surface area contributed by atoms with Crippen molar-refractivity contribution in [1.29, 1.82) is 0 Å². The van der Waals surface area contributed by atoms with Crippen LogP contribution in [-0.2, 0) is 16.5 Å². The van der Waals surface area contributed by atoms with E-state index in [1.165, 1.54) is 4.68 Å². The lowest BCUT2D eigenvalue weighted by Gasteiger charge is -2.05. The Kier molecular flexibility index (Phi) is 6.91. The second-order valence-corrected chi connectivity index (χ2v) is 4.17. The molecule has 0 saturated carbocycles. The molecule has 7 nitrogen and oxygen atoms in total. The van der Waals surface area contributed by atoms with E-state index in [0.29, 0.717) is 32.1 Å². The van der Waals surface area contributed by atoms with Crippen LogP contribution in [0.4, 0.5) is 5.69 Å². The third-order valence-electron chi connectivity index (χ3n) is 2.50. The summed E-state index contributed by atoms with van der Waals surface area (Å²) in [7, 11) is 3.37. The summed E-state index contributed by atoms with van der Waals surface area (Å²) in [6, 6.07) is 0. The first-order valence-electron chi connectivity index (χ1n) is 6.29. The van der Waals surface area contributed by atoms with Gasteiger partial charge in [-0.15, -0.1) is 0 Å². The second-order valence-electron chi connectivity index (χ2n) is 4.17. The van der Waals surface area contributed by atoms with Crippen molar-refractivity contribution in [2.75, 3.05) is 39.2 Å². The standard InChI is InChI=1S/C12H22N4O3/c1-16-9-10(13)11(15-16)12(17)14-5-3-4-6-19-8-7-18-2/h9H,3-8,13H2,1-2H3,(H,14,17). The molecule has 7 heteroatoms. The minimum absolute atomic E-state index is 0.238. The number of ether oxygens (including phenoxy) is 2. The molecule has 1 aromatic heterocycles. The predicted molar refractivity (Wildman–Crippen MR) is 71.9 cm³/mol. The van der Waals surface area contributed by atoms with E-state index in [2.05, 4.69) is 10.4 Å². The first-order chi connectivity index (χ1) is 9.15. The highest BCUT2D eigenvalue weighted by atomic mass is 16.5. The number of aromatic nitrogens is 2. The first kappa shape index (κ1) is 15.5. The normalized spacial score (nSPS) is 10.6. The molecule has 0 aromatic carbocycles. The number of unbranched alkanes of at least 4 members (excludes halogenated alkanes) is 1. The molecule has 3 N–H and O–H groups in total. The Balaban J connectivity index is 2.09. The quantitative estimate of drug-likeness (QED) is 0.624. The number of nitrogens with zero attached hydrogens (tertiary/aromatic N) is 2. The second kappa shape index (κ2) is 8.49. The van der Waals surface area contributed by atoms with E-state index < -0.39 is 0 Å². The fourth-order valence-corrected chi connectivity index (χ4v) is 1.54. The Hall–Kier alpha value is -1.60. The maximum absolute atomic E-state index is 11.7. The molecule has 1 heterocycles. The van der Waals surface area contributed by atoms with Crippen LogP contribution in [0.3, 0.4) is 0 Å². The van der Waals surface area contributed by atoms with Gasteiger partial charge in [-0.25, -0.2) is 0 Å². The average Bonchev–Trinajstić information content (AvgIpc) is 2.71. The van der Waals surface area contributed by atoms with Gasteiger partial charge in [-0.1, -0.05) is 0 Å². The summed E-state index contributed by atoms with van der Waals surface area (Å²) in [4.78, 5) is 11.7. The zero-order chi connectivity index (χ0) is 14.1. The SMILES string of the molecule is COCCOCCCCNC(=O)c1nn(C)cc1N. The van der Waals surface area contributed by atoms with Crippen molar-refractivity contribution in [3.05, 3.63) is 11.9 Å². The molecule has 19 heavy (non-hydrogen) atoms. The summed E-state index contributed by atoms with van der Waals surface area (Å²) in [6.45, 7) is 2.47. The molecule has 0 unspecified atom stereocenters. The monoisotopic (exact) mass is 270 g/mol. The lowest BCUT2D eigenvalue weighted by molar-refractivity contribution is 0.0686. The molecular weight excluding hydrogens is 248 g/mol. The smallest absolute Gasteiger partial charge is 0.273 e. The van der Waals surface area contributed by atoms with Crippen molar-refractivity contribution >= 4 is 11.6 Å². The van der Waals surface area contributed by atoms with Crippen LogP contribution in [0.2, 0.25) is 0 Å². The van der Waals surface area contributed by atoms with Crippen LogP contribution in [0.5, 0.6) is 0 Å². The number of carbonyl (C=O) groups excluding carboxylic acids is 1. The van der Waals surface area contributed by atoms with Crippen LogP contribution in [0.25, 0.3) is 0 Å². The van der Waals surface area contributed by atoms with Crippen LogP contribution < -0.4 is 11.1 Å². The van der Waals surface area contributed by atoms with Gasteiger partial charge in [-0.3, -0.25) is 9.48 Å². The number of aryl methyl sites for hydroxylation is 1. The topological polar surface area (TPSA) is 91.4 Å². The molecule has 0 fully saturated rings. The van der Waals surface area contributed by atoms with E-state index in [1.807, 2.05) is 0 Å². The van der Waals surface area contributed by atoms with Crippen molar-refractivity contribution in [3.8, 4) is 0 Å². The third-order valence-corrected chi connectivity index (χ3v) is 2.50. The van der Waals surface area contributed by atoms with Gasteiger partial charge in [0.2, 0.25) is 0 Å². The van der Waals surface area contributed by atoms with Crippen LogP contribution in [-0.4, -0.2) is 49.2 Å². The van der Waals surface area contributed by atoms with Crippen molar-refractivity contribution in [2.24, 2.45) is 7.05 Å². The van der Waals surface area contributed by atoms with Crippen LogP contribution in [0.15, 0.2) is 6.20 Å². The van der Waals surface area contributed by atoms with Gasteiger partial charge in [0.1, 0.15) is 0 Å². The Morgan fingerprint density at radius 3 is 2.84 bits per heavy atom. The number of hydrogen-bond acceptors (Lipinski definition) is 5. The molecule has 1 aromatic rings. The fourth-order valence-electron chi connectivity index (χ4n) is 1.54. The van der Waals surface area contributed by atoms with Crippen molar-refractivity contribution in [1.82, 2.24) is 15.1 Å². The molecular formula is C12H22N4O3. The molecule has 0 bridgehead atoms. The first-order valence-corrected chi connectivity index (χ1v) is 6.29. The van der Waals surface area contributed by atoms with Crippen LogP contribution in [0, 0.1) is 0 Å². The van der Waals surface area contributed by atoms with E-state index in [4.69, 9.17) is 15.2 Å². The molecule has 0 spiro atoms. The van der Waals surface area contributed by atoms with E-state index in [1.54, 1.807) is 20.4 Å². The molecule has 1 amide bonds. The summed E-state index contributed by atoms with van der Waals surface area (Å²) >= 11 is 0. The Morgan fingerprint density at radius 1 is 1.42 bits per heavy atom. The summed E-state index contributed by atoms with van der Waals surface area (Å²) in [6.07, 6.45) is 3.35. The maximum Gasteiger partial charge on any atom is 0.273 e. The van der Waals surface area contributed by atoms with Gasteiger partial charge in [0.15, 0.2) is 5.69 Å². The van der Waals surface area contributed by atoms with E-state index in [0.717, 1.165) is 12.8 Å².